The molecule has 12 nitrogen and oxygen atoms in total. The third kappa shape index (κ3) is 5.88. The fourth-order valence-corrected chi connectivity index (χ4v) is 5.78. The quantitative estimate of drug-likeness (QED) is 0.179. The SMILES string of the molecule is COc1cc2ncnc(Nc3cc(C4CC4)c(Oc4ccn5ncnc5c4)cc3OC)c2cc1NC(=O)C(F)=CC1CCCN1C. The van der Waals surface area contributed by atoms with E-state index in [4.69, 9.17) is 14.2 Å². The number of carbonyl (C=O) groups is 1. The van der Waals surface area contributed by atoms with Crippen molar-refractivity contribution in [1.29, 1.82) is 0 Å². The summed E-state index contributed by atoms with van der Waals surface area (Å²) in [6.07, 6.45) is 9.97. The molecule has 2 aromatic carbocycles. The minimum Gasteiger partial charge on any atom is -0.494 e. The van der Waals surface area contributed by atoms with Crippen LogP contribution in [-0.4, -0.2) is 69.2 Å². The third-order valence-electron chi connectivity index (χ3n) is 8.42. The van der Waals surface area contributed by atoms with Crippen LogP contribution in [0.2, 0.25) is 0 Å². The Morgan fingerprint density at radius 2 is 1.80 bits per heavy atom. The molecule has 0 radical (unpaired) electrons. The van der Waals surface area contributed by atoms with Crippen LogP contribution in [0.15, 0.2) is 67.2 Å². The minimum absolute atomic E-state index is 0.113. The molecule has 1 aliphatic heterocycles. The summed E-state index contributed by atoms with van der Waals surface area (Å²) >= 11 is 0. The smallest absolute Gasteiger partial charge is 0.284 e. The lowest BCUT2D eigenvalue weighted by Gasteiger charge is -2.18. The van der Waals surface area contributed by atoms with E-state index < -0.39 is 11.7 Å². The number of methoxy groups -OCH3 is 2. The number of aromatic nitrogens is 5. The van der Waals surface area contributed by atoms with Gasteiger partial charge in [-0.3, -0.25) is 9.69 Å². The van der Waals surface area contributed by atoms with Crippen LogP contribution in [0, 0.1) is 0 Å². The molecule has 46 heavy (non-hydrogen) atoms. The summed E-state index contributed by atoms with van der Waals surface area (Å²) in [7, 11) is 4.99. The molecule has 2 aliphatic rings. The van der Waals surface area contributed by atoms with Gasteiger partial charge in [-0.2, -0.15) is 5.10 Å². The molecule has 1 saturated carbocycles. The van der Waals surface area contributed by atoms with Gasteiger partial charge in [-0.25, -0.2) is 23.9 Å². The molecule has 0 bridgehead atoms. The third-order valence-corrected chi connectivity index (χ3v) is 8.42. The van der Waals surface area contributed by atoms with Crippen molar-refractivity contribution in [3.63, 3.8) is 0 Å². The first-order valence-electron chi connectivity index (χ1n) is 15.1. The Labute approximate surface area is 264 Å². The van der Waals surface area contributed by atoms with E-state index in [1.165, 1.54) is 25.8 Å². The average molecular weight is 625 g/mol. The van der Waals surface area contributed by atoms with Gasteiger partial charge in [0.25, 0.3) is 5.91 Å². The molecule has 236 valence electrons. The summed E-state index contributed by atoms with van der Waals surface area (Å²) in [6.45, 7) is 0.868. The first-order valence-corrected chi connectivity index (χ1v) is 15.1. The van der Waals surface area contributed by atoms with Gasteiger partial charge in [0.1, 0.15) is 41.5 Å². The lowest BCUT2D eigenvalue weighted by atomic mass is 10.1. The number of hydrogen-bond acceptors (Lipinski definition) is 10. The molecule has 3 aromatic heterocycles. The summed E-state index contributed by atoms with van der Waals surface area (Å²) in [5, 5.41) is 10.8. The molecule has 7 rings (SSSR count). The van der Waals surface area contributed by atoms with Gasteiger partial charge in [0.05, 0.1) is 31.1 Å². The largest absolute Gasteiger partial charge is 0.494 e. The topological polar surface area (TPSA) is 128 Å². The number of likely N-dealkylation sites (N-methyl/N-ethyl adjacent to an activating group) is 1. The molecule has 1 atom stereocenters. The lowest BCUT2D eigenvalue weighted by molar-refractivity contribution is -0.114. The standard InChI is InChI=1S/C33H33FN8O4/c1-41-9-4-5-20(41)11-24(34)33(43)40-27-14-23-25(15-29(27)44-2)35-17-37-32(23)39-26-13-22(19-6-7-19)28(16-30(26)45-3)46-21-8-10-42-31(12-21)36-18-38-42/h8,10-20H,4-7,9H2,1-3H3,(H,40,43)(H,35,37,39). The number of amides is 1. The van der Waals surface area contributed by atoms with Gasteiger partial charge in [0.2, 0.25) is 0 Å². The number of nitrogens with zero attached hydrogens (tertiary/aromatic N) is 6. The lowest BCUT2D eigenvalue weighted by Crippen LogP contribution is -2.24. The van der Waals surface area contributed by atoms with Crippen molar-refractivity contribution in [2.45, 2.75) is 37.6 Å². The number of ether oxygens (including phenoxy) is 3. The summed E-state index contributed by atoms with van der Waals surface area (Å²) in [5.41, 5.74) is 3.26. The number of fused-ring (bicyclic) bond motifs is 2. The summed E-state index contributed by atoms with van der Waals surface area (Å²) in [6, 6.07) is 10.8. The Balaban J connectivity index is 1.20. The first-order chi connectivity index (χ1) is 22.4. The van der Waals surface area contributed by atoms with Crippen LogP contribution >= 0.6 is 0 Å². The molecular formula is C33H33FN8O4. The van der Waals surface area contributed by atoms with E-state index in [0.29, 0.717) is 62.7 Å². The van der Waals surface area contributed by atoms with Crippen molar-refractivity contribution in [2.24, 2.45) is 0 Å². The summed E-state index contributed by atoms with van der Waals surface area (Å²) in [5.74, 6) is 1.34. The summed E-state index contributed by atoms with van der Waals surface area (Å²) in [4.78, 5) is 28.1. The van der Waals surface area contributed by atoms with E-state index in [9.17, 15) is 9.18 Å². The van der Waals surface area contributed by atoms with E-state index in [-0.39, 0.29) is 6.04 Å². The zero-order valence-electron chi connectivity index (χ0n) is 25.7. The van der Waals surface area contributed by atoms with Gasteiger partial charge in [0, 0.05) is 41.4 Å². The highest BCUT2D eigenvalue weighted by Gasteiger charge is 2.29. The maximum absolute atomic E-state index is 15.0. The van der Waals surface area contributed by atoms with Crippen LogP contribution in [-0.2, 0) is 4.79 Å². The number of halogens is 1. The number of nitrogens with one attached hydrogen (secondary N) is 2. The van der Waals surface area contributed by atoms with Crippen molar-refractivity contribution in [1.82, 2.24) is 29.5 Å². The van der Waals surface area contributed by atoms with Gasteiger partial charge < -0.3 is 24.8 Å². The minimum atomic E-state index is -0.848. The van der Waals surface area contributed by atoms with Crippen molar-refractivity contribution >= 4 is 39.6 Å². The molecular weight excluding hydrogens is 591 g/mol. The molecule has 2 fully saturated rings. The Kier molecular flexibility index (Phi) is 7.83. The number of anilines is 3. The Bertz CT molecular complexity index is 1970. The molecule has 13 heteroatoms. The maximum atomic E-state index is 15.0. The van der Waals surface area contributed by atoms with Gasteiger partial charge in [-0.05, 0) is 69.5 Å². The maximum Gasteiger partial charge on any atom is 0.284 e. The van der Waals surface area contributed by atoms with E-state index in [2.05, 4.69) is 30.7 Å². The van der Waals surface area contributed by atoms with Gasteiger partial charge in [0.15, 0.2) is 11.5 Å². The highest BCUT2D eigenvalue weighted by atomic mass is 19.1. The number of hydrogen-bond donors (Lipinski definition) is 2. The van der Waals surface area contributed by atoms with Crippen LogP contribution in [0.25, 0.3) is 16.6 Å². The second-order valence-electron chi connectivity index (χ2n) is 11.5. The molecule has 0 spiro atoms. The molecule has 4 heterocycles. The molecule has 1 amide bonds. The highest BCUT2D eigenvalue weighted by molar-refractivity contribution is 6.05. The average Bonchev–Trinajstić information content (AvgIpc) is 3.67. The van der Waals surface area contributed by atoms with Crippen LogP contribution in [0.3, 0.4) is 0 Å². The predicted octanol–water partition coefficient (Wildman–Crippen LogP) is 5.99. The summed E-state index contributed by atoms with van der Waals surface area (Å²) < 4.78 is 34.3. The van der Waals surface area contributed by atoms with Gasteiger partial charge in [-0.1, -0.05) is 0 Å². The zero-order chi connectivity index (χ0) is 31.8. The first kappa shape index (κ1) is 29.4. The van der Waals surface area contributed by atoms with Gasteiger partial charge >= 0.3 is 0 Å². The second-order valence-corrected chi connectivity index (χ2v) is 11.5. The molecule has 1 unspecified atom stereocenters. The number of rotatable bonds is 10. The zero-order valence-corrected chi connectivity index (χ0v) is 25.7. The van der Waals surface area contributed by atoms with Crippen molar-refractivity contribution < 1.29 is 23.4 Å². The van der Waals surface area contributed by atoms with E-state index in [1.807, 2.05) is 36.2 Å². The fraction of sp³-hybridized carbons (Fsp3) is 0.303. The van der Waals surface area contributed by atoms with E-state index in [1.54, 1.807) is 30.0 Å². The van der Waals surface area contributed by atoms with E-state index >= 15 is 0 Å². The Morgan fingerprint density at radius 3 is 2.57 bits per heavy atom. The predicted molar refractivity (Wildman–Crippen MR) is 171 cm³/mol. The van der Waals surface area contributed by atoms with Gasteiger partial charge in [-0.15, -0.1) is 0 Å². The fourth-order valence-electron chi connectivity index (χ4n) is 5.78. The number of carbonyl (C=O) groups excluding carboxylic acids is 1. The highest BCUT2D eigenvalue weighted by Crippen LogP contribution is 2.49. The number of pyridine rings is 1. The monoisotopic (exact) mass is 624 g/mol. The second kappa shape index (κ2) is 12.2. The normalized spacial score (nSPS) is 17.0. The molecule has 1 saturated heterocycles. The molecule has 1 aliphatic carbocycles. The number of likely N-dealkylation sites (tertiary alicyclic amines) is 1. The van der Waals surface area contributed by atoms with Crippen LogP contribution in [0.1, 0.15) is 37.2 Å². The van der Waals surface area contributed by atoms with Crippen LogP contribution < -0.4 is 24.8 Å². The molecule has 5 aromatic rings. The Hall–Kier alpha value is -5.30. The van der Waals surface area contributed by atoms with Crippen molar-refractivity contribution in [3.8, 4) is 23.0 Å². The van der Waals surface area contributed by atoms with Crippen molar-refractivity contribution in [3.05, 3.63) is 72.7 Å². The van der Waals surface area contributed by atoms with E-state index in [0.717, 1.165) is 37.8 Å². The van der Waals surface area contributed by atoms with Crippen LogP contribution in [0.5, 0.6) is 23.0 Å². The molecule has 2 N–H and O–H groups in total. The Morgan fingerprint density at radius 1 is 0.978 bits per heavy atom. The van der Waals surface area contributed by atoms with Crippen LogP contribution in [0.4, 0.5) is 21.6 Å². The van der Waals surface area contributed by atoms with Crippen molar-refractivity contribution in [2.75, 3.05) is 38.4 Å². The number of benzene rings is 2.